The number of nitrogens with one attached hydrogen (secondary N) is 1. The lowest BCUT2D eigenvalue weighted by molar-refractivity contribution is -0.120. The third-order valence-electron chi connectivity index (χ3n) is 4.34. The van der Waals surface area contributed by atoms with Crippen LogP contribution in [0.2, 0.25) is 0 Å². The number of nitrogens with zero attached hydrogens (tertiary/aromatic N) is 2. The summed E-state index contributed by atoms with van der Waals surface area (Å²) in [6.07, 6.45) is 0. The van der Waals surface area contributed by atoms with Gasteiger partial charge < -0.3 is 14.5 Å². The second-order valence-corrected chi connectivity index (χ2v) is 7.71. The molecule has 146 valence electrons. The number of methoxy groups -OCH3 is 1. The Balaban J connectivity index is 1.53. The fourth-order valence-corrected chi connectivity index (χ4v) is 3.32. The lowest BCUT2D eigenvalue weighted by Crippen LogP contribution is -2.33. The number of amides is 1. The van der Waals surface area contributed by atoms with E-state index in [9.17, 15) is 4.79 Å². The Morgan fingerprint density at radius 3 is 2.50 bits per heavy atom. The van der Waals surface area contributed by atoms with Gasteiger partial charge in [-0.3, -0.25) is 4.79 Å². The zero-order chi connectivity index (χ0) is 19.9. The van der Waals surface area contributed by atoms with Crippen molar-refractivity contribution in [3.8, 4) is 17.2 Å². The summed E-state index contributed by atoms with van der Waals surface area (Å²) in [4.78, 5) is 12.4. The van der Waals surface area contributed by atoms with Crippen molar-refractivity contribution in [2.45, 2.75) is 30.2 Å². The SMILES string of the molecule is COc1ccc(-c2nnc(SC(C)C(=O)NCC(C)c3ccccc3)o2)cc1. The monoisotopic (exact) mass is 397 g/mol. The van der Waals surface area contributed by atoms with Crippen LogP contribution < -0.4 is 10.1 Å². The molecule has 1 aromatic heterocycles. The van der Waals surface area contributed by atoms with Crippen LogP contribution >= 0.6 is 11.8 Å². The van der Waals surface area contributed by atoms with Crippen LogP contribution in [0, 0.1) is 0 Å². The predicted molar refractivity (Wildman–Crippen MR) is 109 cm³/mol. The van der Waals surface area contributed by atoms with Crippen LogP contribution in [-0.2, 0) is 4.79 Å². The van der Waals surface area contributed by atoms with Gasteiger partial charge in [0.15, 0.2) is 0 Å². The molecule has 3 aromatic rings. The van der Waals surface area contributed by atoms with E-state index in [1.807, 2.05) is 49.4 Å². The van der Waals surface area contributed by atoms with Crippen molar-refractivity contribution >= 4 is 17.7 Å². The number of thioether (sulfide) groups is 1. The molecule has 0 aliphatic carbocycles. The predicted octanol–water partition coefficient (Wildman–Crippen LogP) is 4.15. The van der Waals surface area contributed by atoms with Crippen molar-refractivity contribution in [1.82, 2.24) is 15.5 Å². The number of carbonyl (C=O) groups is 1. The van der Waals surface area contributed by atoms with Gasteiger partial charge >= 0.3 is 0 Å². The highest BCUT2D eigenvalue weighted by molar-refractivity contribution is 8.00. The van der Waals surface area contributed by atoms with Crippen molar-refractivity contribution in [3.05, 3.63) is 60.2 Å². The van der Waals surface area contributed by atoms with Gasteiger partial charge in [-0.05, 0) is 42.7 Å². The van der Waals surface area contributed by atoms with Crippen molar-refractivity contribution < 1.29 is 13.9 Å². The number of hydrogen-bond donors (Lipinski definition) is 1. The number of ether oxygens (including phenoxy) is 1. The zero-order valence-corrected chi connectivity index (χ0v) is 16.9. The molecule has 1 N–H and O–H groups in total. The first-order valence-electron chi connectivity index (χ1n) is 9.04. The van der Waals surface area contributed by atoms with Crippen LogP contribution in [0.25, 0.3) is 11.5 Å². The molecular formula is C21H23N3O3S. The van der Waals surface area contributed by atoms with Crippen molar-refractivity contribution in [2.75, 3.05) is 13.7 Å². The molecule has 0 saturated heterocycles. The van der Waals surface area contributed by atoms with E-state index in [2.05, 4.69) is 34.6 Å². The van der Waals surface area contributed by atoms with E-state index in [1.165, 1.54) is 17.3 Å². The average Bonchev–Trinajstić information content (AvgIpc) is 3.20. The number of aromatic nitrogens is 2. The van der Waals surface area contributed by atoms with E-state index in [0.29, 0.717) is 17.7 Å². The van der Waals surface area contributed by atoms with E-state index < -0.39 is 0 Å². The van der Waals surface area contributed by atoms with Gasteiger partial charge in [0.1, 0.15) is 5.75 Å². The van der Waals surface area contributed by atoms with Gasteiger partial charge in [0.2, 0.25) is 11.8 Å². The van der Waals surface area contributed by atoms with Crippen LogP contribution in [0.3, 0.4) is 0 Å². The minimum absolute atomic E-state index is 0.0584. The molecule has 2 atom stereocenters. The van der Waals surface area contributed by atoms with Gasteiger partial charge in [-0.1, -0.05) is 49.0 Å². The molecule has 0 radical (unpaired) electrons. The zero-order valence-electron chi connectivity index (χ0n) is 16.1. The standard InChI is InChI=1S/C21H23N3O3S/c1-14(16-7-5-4-6-8-16)13-22-19(25)15(2)28-21-24-23-20(27-21)17-9-11-18(26-3)12-10-17/h4-12,14-15H,13H2,1-3H3,(H,22,25). The van der Waals surface area contributed by atoms with E-state index in [1.54, 1.807) is 7.11 Å². The number of benzene rings is 2. The first-order chi connectivity index (χ1) is 13.6. The summed E-state index contributed by atoms with van der Waals surface area (Å²) in [5.41, 5.74) is 2.00. The molecular weight excluding hydrogens is 374 g/mol. The fraction of sp³-hybridized carbons (Fsp3) is 0.286. The second kappa shape index (κ2) is 9.41. The molecule has 1 amide bonds. The van der Waals surface area contributed by atoms with Gasteiger partial charge in [-0.2, -0.15) is 0 Å². The Morgan fingerprint density at radius 1 is 1.11 bits per heavy atom. The third kappa shape index (κ3) is 5.13. The minimum atomic E-state index is -0.341. The first-order valence-corrected chi connectivity index (χ1v) is 9.92. The third-order valence-corrected chi connectivity index (χ3v) is 5.28. The summed E-state index contributed by atoms with van der Waals surface area (Å²) >= 11 is 1.25. The molecule has 0 aliphatic rings. The Morgan fingerprint density at radius 2 is 1.82 bits per heavy atom. The normalized spacial score (nSPS) is 13.0. The smallest absolute Gasteiger partial charge is 0.277 e. The molecule has 7 heteroatoms. The number of carbonyl (C=O) groups excluding carboxylic acids is 1. The molecule has 1 heterocycles. The molecule has 0 fully saturated rings. The quantitative estimate of drug-likeness (QED) is 0.576. The Labute approximate surface area is 168 Å². The van der Waals surface area contributed by atoms with E-state index >= 15 is 0 Å². The van der Waals surface area contributed by atoms with Crippen LogP contribution in [0.15, 0.2) is 64.2 Å². The maximum absolute atomic E-state index is 12.4. The lowest BCUT2D eigenvalue weighted by Gasteiger charge is -2.15. The Bertz CT molecular complexity index is 897. The number of rotatable bonds is 8. The molecule has 0 aliphatic heterocycles. The Kier molecular flexibility index (Phi) is 6.71. The van der Waals surface area contributed by atoms with Gasteiger partial charge in [-0.25, -0.2) is 0 Å². The van der Waals surface area contributed by atoms with E-state index in [4.69, 9.17) is 9.15 Å². The van der Waals surface area contributed by atoms with Crippen molar-refractivity contribution in [1.29, 1.82) is 0 Å². The summed E-state index contributed by atoms with van der Waals surface area (Å²) in [7, 11) is 1.61. The van der Waals surface area contributed by atoms with Gasteiger partial charge in [0.25, 0.3) is 5.22 Å². The van der Waals surface area contributed by atoms with E-state index in [-0.39, 0.29) is 17.1 Å². The van der Waals surface area contributed by atoms with Crippen LogP contribution in [-0.4, -0.2) is 35.0 Å². The number of hydrogen-bond acceptors (Lipinski definition) is 6. The maximum atomic E-state index is 12.4. The second-order valence-electron chi connectivity index (χ2n) is 6.42. The topological polar surface area (TPSA) is 77.2 Å². The maximum Gasteiger partial charge on any atom is 0.277 e. The lowest BCUT2D eigenvalue weighted by atomic mass is 10.0. The van der Waals surface area contributed by atoms with Gasteiger partial charge in [-0.15, -0.1) is 10.2 Å². The summed E-state index contributed by atoms with van der Waals surface area (Å²) in [5, 5.41) is 11.1. The average molecular weight is 398 g/mol. The van der Waals surface area contributed by atoms with Crippen LogP contribution in [0.1, 0.15) is 25.3 Å². The van der Waals surface area contributed by atoms with Crippen molar-refractivity contribution in [3.63, 3.8) is 0 Å². The largest absolute Gasteiger partial charge is 0.497 e. The van der Waals surface area contributed by atoms with Gasteiger partial charge in [0.05, 0.1) is 12.4 Å². The summed E-state index contributed by atoms with van der Waals surface area (Å²) in [5.74, 6) is 1.35. The molecule has 6 nitrogen and oxygen atoms in total. The molecule has 2 aromatic carbocycles. The van der Waals surface area contributed by atoms with Crippen LogP contribution in [0.5, 0.6) is 5.75 Å². The first kappa shape index (κ1) is 19.9. The summed E-state index contributed by atoms with van der Waals surface area (Å²) in [6, 6.07) is 17.5. The highest BCUT2D eigenvalue weighted by atomic mass is 32.2. The summed E-state index contributed by atoms with van der Waals surface area (Å²) < 4.78 is 10.8. The van der Waals surface area contributed by atoms with Gasteiger partial charge in [0, 0.05) is 12.1 Å². The molecule has 2 unspecified atom stereocenters. The molecule has 28 heavy (non-hydrogen) atoms. The minimum Gasteiger partial charge on any atom is -0.497 e. The molecule has 0 spiro atoms. The van der Waals surface area contributed by atoms with E-state index in [0.717, 1.165) is 11.3 Å². The highest BCUT2D eigenvalue weighted by Gasteiger charge is 2.19. The van der Waals surface area contributed by atoms with Crippen molar-refractivity contribution in [2.24, 2.45) is 0 Å². The van der Waals surface area contributed by atoms with Crippen LogP contribution in [0.4, 0.5) is 0 Å². The Hall–Kier alpha value is -2.80. The fourth-order valence-electron chi connectivity index (χ4n) is 2.61. The highest BCUT2D eigenvalue weighted by Crippen LogP contribution is 2.27. The molecule has 3 rings (SSSR count). The summed E-state index contributed by atoms with van der Waals surface area (Å²) in [6.45, 7) is 4.49. The molecule has 0 bridgehead atoms. The molecule has 0 saturated carbocycles.